The maximum absolute atomic E-state index is 13.5. The fraction of sp³-hybridized carbons (Fsp3) is 0.360. The molecule has 4 aromatic rings. The number of nitrogens with one attached hydrogen (secondary N) is 1. The molecule has 0 fully saturated rings. The molecule has 0 unspecified atom stereocenters. The van der Waals surface area contributed by atoms with Gasteiger partial charge in [0.15, 0.2) is 0 Å². The Kier molecular flexibility index (Phi) is 6.61. The van der Waals surface area contributed by atoms with Crippen LogP contribution in [0.5, 0.6) is 0 Å². The van der Waals surface area contributed by atoms with Gasteiger partial charge in [-0.1, -0.05) is 37.6 Å². The Morgan fingerprint density at radius 1 is 1.09 bits per heavy atom. The number of aromatic nitrogens is 4. The zero-order valence-corrected chi connectivity index (χ0v) is 20.5. The number of hydrogen-bond acceptors (Lipinski definition) is 4. The number of amides is 1. The number of carbonyl (C=O) groups excluding carboxylic acids is 1. The van der Waals surface area contributed by atoms with Gasteiger partial charge in [0.25, 0.3) is 11.5 Å². The van der Waals surface area contributed by atoms with E-state index < -0.39 is 0 Å². The Hall–Kier alpha value is -3.39. The number of aryl methyl sites for hydroxylation is 1. The highest BCUT2D eigenvalue weighted by atomic mass is 35.5. The molecule has 0 saturated heterocycles. The molecule has 0 aliphatic rings. The molecular formula is C25H28ClN5O3. The summed E-state index contributed by atoms with van der Waals surface area (Å²) in [6, 6.07) is 12.0. The molecule has 0 saturated carbocycles. The Balaban J connectivity index is 1.96. The predicted octanol–water partition coefficient (Wildman–Crippen LogP) is 3.70. The fourth-order valence-electron chi connectivity index (χ4n) is 3.90. The fourth-order valence-corrected chi connectivity index (χ4v) is 4.12. The van der Waals surface area contributed by atoms with Crippen LogP contribution in [-0.4, -0.2) is 30.7 Å². The van der Waals surface area contributed by atoms with Gasteiger partial charge in [-0.15, -0.1) is 5.10 Å². The molecule has 2 aromatic carbocycles. The van der Waals surface area contributed by atoms with E-state index >= 15 is 0 Å². The summed E-state index contributed by atoms with van der Waals surface area (Å²) in [6.45, 7) is 8.52. The van der Waals surface area contributed by atoms with E-state index in [0.29, 0.717) is 34.0 Å². The molecule has 1 N–H and O–H groups in total. The number of fused-ring (bicyclic) bond motifs is 3. The van der Waals surface area contributed by atoms with Crippen LogP contribution in [0.25, 0.3) is 16.7 Å². The van der Waals surface area contributed by atoms with Gasteiger partial charge in [-0.2, -0.15) is 0 Å². The molecule has 2 heterocycles. The maximum Gasteiger partial charge on any atom is 0.352 e. The van der Waals surface area contributed by atoms with Crippen LogP contribution in [0.1, 0.15) is 50.0 Å². The number of benzene rings is 2. The lowest BCUT2D eigenvalue weighted by molar-refractivity contribution is 0.0943. The minimum absolute atomic E-state index is 0.0459. The van der Waals surface area contributed by atoms with Crippen molar-refractivity contribution in [3.63, 3.8) is 0 Å². The second kappa shape index (κ2) is 9.46. The highest BCUT2D eigenvalue weighted by molar-refractivity contribution is 6.30. The van der Waals surface area contributed by atoms with Crippen molar-refractivity contribution in [2.75, 3.05) is 0 Å². The number of carbonyl (C=O) groups is 1. The summed E-state index contributed by atoms with van der Waals surface area (Å²) >= 11 is 6.11. The number of nitrogens with zero attached hydrogens (tertiary/aromatic N) is 4. The maximum atomic E-state index is 13.5. The van der Waals surface area contributed by atoms with Gasteiger partial charge in [-0.25, -0.2) is 13.9 Å². The summed E-state index contributed by atoms with van der Waals surface area (Å²) in [5.74, 6) is 0.352. The lowest BCUT2D eigenvalue weighted by Crippen LogP contribution is -2.30. The molecule has 8 nitrogen and oxygen atoms in total. The van der Waals surface area contributed by atoms with E-state index in [4.69, 9.17) is 11.6 Å². The van der Waals surface area contributed by atoms with Crippen molar-refractivity contribution < 1.29 is 4.79 Å². The summed E-state index contributed by atoms with van der Waals surface area (Å²) in [7, 11) is 0. The van der Waals surface area contributed by atoms with Crippen molar-refractivity contribution in [2.24, 2.45) is 5.92 Å². The third kappa shape index (κ3) is 4.63. The summed E-state index contributed by atoms with van der Waals surface area (Å²) in [4.78, 5) is 39.5. The first kappa shape index (κ1) is 23.8. The minimum Gasteiger partial charge on any atom is -0.350 e. The third-order valence-corrected chi connectivity index (χ3v) is 5.85. The molecule has 178 valence electrons. The lowest BCUT2D eigenvalue weighted by Gasteiger charge is -2.12. The van der Waals surface area contributed by atoms with Crippen LogP contribution in [0.15, 0.2) is 52.1 Å². The van der Waals surface area contributed by atoms with Crippen LogP contribution < -0.4 is 16.6 Å². The first-order valence-corrected chi connectivity index (χ1v) is 11.7. The predicted molar refractivity (Wildman–Crippen MR) is 134 cm³/mol. The van der Waals surface area contributed by atoms with Crippen molar-refractivity contribution in [2.45, 2.75) is 53.2 Å². The molecule has 2 aromatic heterocycles. The second-order valence-corrected chi connectivity index (χ2v) is 9.64. The quantitative estimate of drug-likeness (QED) is 0.436. The summed E-state index contributed by atoms with van der Waals surface area (Å²) in [5.41, 5.74) is 0.921. The standard InChI is InChI=1S/C25H28ClN5O3/c1-15(2)10-11-29-23(33)20-9-8-18(22(32)27-16(3)4)13-21(20)31-24(29)28-30(25(31)34)14-17-6-5-7-19(26)12-17/h5-9,12-13,15-16H,10-11,14H2,1-4H3,(H,27,32). The van der Waals surface area contributed by atoms with E-state index in [-0.39, 0.29) is 35.5 Å². The lowest BCUT2D eigenvalue weighted by atomic mass is 10.1. The monoisotopic (exact) mass is 481 g/mol. The van der Waals surface area contributed by atoms with Crippen molar-refractivity contribution in [3.8, 4) is 0 Å². The second-order valence-electron chi connectivity index (χ2n) is 9.20. The number of hydrogen-bond donors (Lipinski definition) is 1. The molecule has 0 atom stereocenters. The van der Waals surface area contributed by atoms with Gasteiger partial charge in [-0.05, 0) is 62.1 Å². The van der Waals surface area contributed by atoms with Gasteiger partial charge in [0.2, 0.25) is 5.78 Å². The van der Waals surface area contributed by atoms with Gasteiger partial charge >= 0.3 is 5.69 Å². The van der Waals surface area contributed by atoms with Crippen LogP contribution in [0, 0.1) is 5.92 Å². The van der Waals surface area contributed by atoms with Crippen LogP contribution in [0.3, 0.4) is 0 Å². The van der Waals surface area contributed by atoms with Crippen LogP contribution in [-0.2, 0) is 13.1 Å². The van der Waals surface area contributed by atoms with Crippen LogP contribution in [0.4, 0.5) is 0 Å². The zero-order chi connectivity index (χ0) is 24.6. The first-order valence-electron chi connectivity index (χ1n) is 11.4. The zero-order valence-electron chi connectivity index (χ0n) is 19.7. The van der Waals surface area contributed by atoms with Crippen molar-refractivity contribution >= 4 is 34.2 Å². The van der Waals surface area contributed by atoms with Gasteiger partial charge in [-0.3, -0.25) is 14.2 Å². The topological polar surface area (TPSA) is 90.4 Å². The highest BCUT2D eigenvalue weighted by Gasteiger charge is 2.19. The average Bonchev–Trinajstić information content (AvgIpc) is 3.08. The minimum atomic E-state index is -0.389. The molecule has 4 rings (SSSR count). The molecule has 0 spiro atoms. The summed E-state index contributed by atoms with van der Waals surface area (Å²) in [5, 5.41) is 8.31. The smallest absolute Gasteiger partial charge is 0.350 e. The molecule has 0 radical (unpaired) electrons. The van der Waals surface area contributed by atoms with Gasteiger partial charge < -0.3 is 5.32 Å². The van der Waals surface area contributed by atoms with Crippen LogP contribution >= 0.6 is 11.6 Å². The van der Waals surface area contributed by atoms with E-state index in [0.717, 1.165) is 12.0 Å². The summed E-state index contributed by atoms with van der Waals surface area (Å²) in [6.07, 6.45) is 0.755. The van der Waals surface area contributed by atoms with E-state index in [1.807, 2.05) is 26.0 Å². The molecule has 9 heteroatoms. The Morgan fingerprint density at radius 2 is 1.85 bits per heavy atom. The normalized spacial score (nSPS) is 11.7. The number of rotatable bonds is 7. The van der Waals surface area contributed by atoms with Crippen molar-refractivity contribution in [1.82, 2.24) is 24.1 Å². The summed E-state index contributed by atoms with van der Waals surface area (Å²) < 4.78 is 4.30. The van der Waals surface area contributed by atoms with Gasteiger partial charge in [0, 0.05) is 23.2 Å². The third-order valence-electron chi connectivity index (χ3n) is 5.61. The van der Waals surface area contributed by atoms with Gasteiger partial charge in [0.05, 0.1) is 17.4 Å². The van der Waals surface area contributed by atoms with Crippen LogP contribution in [0.2, 0.25) is 5.02 Å². The molecule has 0 aliphatic heterocycles. The molecule has 34 heavy (non-hydrogen) atoms. The van der Waals surface area contributed by atoms with Gasteiger partial charge in [0.1, 0.15) is 0 Å². The molecular weight excluding hydrogens is 454 g/mol. The van der Waals surface area contributed by atoms with Crippen molar-refractivity contribution in [1.29, 1.82) is 0 Å². The Morgan fingerprint density at radius 3 is 2.53 bits per heavy atom. The van der Waals surface area contributed by atoms with E-state index in [1.54, 1.807) is 34.9 Å². The SMILES string of the molecule is CC(C)CCn1c(=O)c2ccc(C(=O)NC(C)C)cc2n2c(=O)n(Cc3cccc(Cl)c3)nc12. The molecule has 1 amide bonds. The Bertz CT molecular complexity index is 1500. The highest BCUT2D eigenvalue weighted by Crippen LogP contribution is 2.16. The van der Waals surface area contributed by atoms with Crippen molar-refractivity contribution in [3.05, 3.63) is 79.5 Å². The largest absolute Gasteiger partial charge is 0.352 e. The average molecular weight is 482 g/mol. The van der Waals surface area contributed by atoms with E-state index in [2.05, 4.69) is 24.3 Å². The Labute approximate surface area is 201 Å². The molecule has 0 bridgehead atoms. The van der Waals surface area contributed by atoms with E-state index in [1.165, 1.54) is 9.08 Å². The molecule has 0 aliphatic carbocycles. The first-order chi connectivity index (χ1) is 16.2. The number of halogens is 1. The van der Waals surface area contributed by atoms with E-state index in [9.17, 15) is 14.4 Å².